The molecule has 39 heavy (non-hydrogen) atoms. The third kappa shape index (κ3) is 6.09. The Kier molecular flexibility index (Phi) is 7.25. The van der Waals surface area contributed by atoms with Crippen LogP contribution in [-0.2, 0) is 20.8 Å². The fraction of sp³-hybridized carbons (Fsp3) is 0.370. The molecule has 0 radical (unpaired) electrons. The van der Waals surface area contributed by atoms with E-state index in [1.165, 1.54) is 42.5 Å². The van der Waals surface area contributed by atoms with Crippen LogP contribution < -0.4 is 10.6 Å². The van der Waals surface area contributed by atoms with Crippen molar-refractivity contribution in [2.75, 3.05) is 6.26 Å². The van der Waals surface area contributed by atoms with Gasteiger partial charge in [-0.15, -0.1) is 0 Å². The average Bonchev–Trinajstić information content (AvgIpc) is 3.50. The number of carbonyl (C=O) groups excluding carboxylic acids is 2. The van der Waals surface area contributed by atoms with Gasteiger partial charge in [-0.05, 0) is 60.6 Å². The second kappa shape index (κ2) is 10.0. The number of hydrogen-bond donors (Lipinski definition) is 2. The standard InChI is InChI=1S/C27H26F3N3O5S/c1-15(2)12-20(24(34)33-26(14-31)10-11-26)32-25(35)23-22(27(28,29)30)19-9-6-17(13-21(19)38-23)16-4-7-18(8-5-16)39(3,36)37/h4-9,13,15,20H,10-12H2,1-3H3,(H,32,35)(H,33,34)/t20-/m0/s1. The highest BCUT2D eigenvalue weighted by molar-refractivity contribution is 7.90. The van der Waals surface area contributed by atoms with E-state index in [0.29, 0.717) is 24.0 Å². The second-order valence-electron chi connectivity index (χ2n) is 10.2. The van der Waals surface area contributed by atoms with E-state index in [9.17, 15) is 36.4 Å². The summed E-state index contributed by atoms with van der Waals surface area (Å²) in [6.07, 6.45) is -2.83. The Morgan fingerprint density at radius 1 is 1.10 bits per heavy atom. The Hall–Kier alpha value is -3.85. The molecule has 8 nitrogen and oxygen atoms in total. The molecule has 1 aromatic heterocycles. The Bertz CT molecular complexity index is 1580. The topological polar surface area (TPSA) is 129 Å². The van der Waals surface area contributed by atoms with Gasteiger partial charge in [0.1, 0.15) is 22.7 Å². The summed E-state index contributed by atoms with van der Waals surface area (Å²) < 4.78 is 71.2. The molecule has 1 atom stereocenters. The molecule has 0 spiro atoms. The van der Waals surface area contributed by atoms with Crippen LogP contribution in [0.3, 0.4) is 0 Å². The molecule has 1 fully saturated rings. The highest BCUT2D eigenvalue weighted by Crippen LogP contribution is 2.41. The summed E-state index contributed by atoms with van der Waals surface area (Å²) >= 11 is 0. The van der Waals surface area contributed by atoms with Crippen molar-refractivity contribution in [2.45, 2.75) is 55.8 Å². The molecular weight excluding hydrogens is 535 g/mol. The lowest BCUT2D eigenvalue weighted by molar-refractivity contribution is -0.137. The smallest absolute Gasteiger partial charge is 0.420 e. The summed E-state index contributed by atoms with van der Waals surface area (Å²) in [5, 5.41) is 13.9. The normalized spacial score (nSPS) is 15.5. The van der Waals surface area contributed by atoms with E-state index in [4.69, 9.17) is 4.42 Å². The van der Waals surface area contributed by atoms with Crippen LogP contribution in [0.2, 0.25) is 0 Å². The van der Waals surface area contributed by atoms with Gasteiger partial charge < -0.3 is 15.1 Å². The number of nitrogens with zero attached hydrogens (tertiary/aromatic N) is 1. The zero-order valence-electron chi connectivity index (χ0n) is 21.3. The predicted octanol–water partition coefficient (Wildman–Crippen LogP) is 4.84. The highest BCUT2D eigenvalue weighted by atomic mass is 32.2. The van der Waals surface area contributed by atoms with Crippen molar-refractivity contribution in [1.82, 2.24) is 10.6 Å². The lowest BCUT2D eigenvalue weighted by Gasteiger charge is -2.21. The van der Waals surface area contributed by atoms with E-state index in [2.05, 4.69) is 10.6 Å². The molecule has 3 aromatic rings. The maximum absolute atomic E-state index is 14.1. The number of hydrogen-bond acceptors (Lipinski definition) is 6. The molecule has 1 heterocycles. The highest BCUT2D eigenvalue weighted by Gasteiger charge is 2.46. The Labute approximate surface area is 223 Å². The van der Waals surface area contributed by atoms with E-state index >= 15 is 0 Å². The largest absolute Gasteiger partial charge is 0.450 e. The van der Waals surface area contributed by atoms with E-state index in [-0.39, 0.29) is 28.2 Å². The molecule has 2 aromatic carbocycles. The van der Waals surface area contributed by atoms with Crippen molar-refractivity contribution in [3.05, 3.63) is 53.8 Å². The molecule has 1 aliphatic rings. The molecule has 0 aliphatic heterocycles. The Morgan fingerprint density at radius 2 is 1.72 bits per heavy atom. The zero-order valence-corrected chi connectivity index (χ0v) is 22.2. The minimum absolute atomic E-state index is 0.0889. The van der Waals surface area contributed by atoms with Crippen molar-refractivity contribution in [3.8, 4) is 17.2 Å². The van der Waals surface area contributed by atoms with Crippen molar-refractivity contribution < 1.29 is 35.6 Å². The van der Waals surface area contributed by atoms with Gasteiger partial charge in [-0.1, -0.05) is 32.0 Å². The number of amides is 2. The number of benzene rings is 2. The van der Waals surface area contributed by atoms with Crippen LogP contribution >= 0.6 is 0 Å². The number of halogens is 3. The number of sulfone groups is 1. The lowest BCUT2D eigenvalue weighted by Crippen LogP contribution is -2.50. The molecule has 206 valence electrons. The first-order valence-corrected chi connectivity index (χ1v) is 14.0. The molecular formula is C27H26F3N3O5S. The van der Waals surface area contributed by atoms with Gasteiger partial charge in [-0.2, -0.15) is 18.4 Å². The van der Waals surface area contributed by atoms with Crippen LogP contribution in [-0.4, -0.2) is 38.1 Å². The SMILES string of the molecule is CC(C)C[C@H](NC(=O)c1oc2cc(-c3ccc(S(C)(=O)=O)cc3)ccc2c1C(F)(F)F)C(=O)NC1(C#N)CC1. The van der Waals surface area contributed by atoms with Gasteiger partial charge in [0.15, 0.2) is 9.84 Å². The molecule has 1 aliphatic carbocycles. The molecule has 0 unspecified atom stereocenters. The van der Waals surface area contributed by atoms with Gasteiger partial charge in [-0.25, -0.2) is 8.42 Å². The quantitative estimate of drug-likeness (QED) is 0.405. The number of furan rings is 1. The maximum atomic E-state index is 14.1. The number of rotatable bonds is 8. The summed E-state index contributed by atoms with van der Waals surface area (Å²) in [7, 11) is -3.43. The fourth-order valence-corrected chi connectivity index (χ4v) is 4.88. The number of nitriles is 1. The average molecular weight is 562 g/mol. The van der Waals surface area contributed by atoms with Crippen LogP contribution in [0, 0.1) is 17.2 Å². The first-order valence-electron chi connectivity index (χ1n) is 12.1. The van der Waals surface area contributed by atoms with E-state index in [1.54, 1.807) is 13.8 Å². The molecule has 4 rings (SSSR count). The molecule has 0 saturated heterocycles. The third-order valence-electron chi connectivity index (χ3n) is 6.45. The summed E-state index contributed by atoms with van der Waals surface area (Å²) in [4.78, 5) is 26.0. The van der Waals surface area contributed by atoms with Gasteiger partial charge in [0, 0.05) is 11.6 Å². The molecule has 2 amide bonds. The van der Waals surface area contributed by atoms with Gasteiger partial charge in [0.05, 0.1) is 11.0 Å². The first-order chi connectivity index (χ1) is 18.1. The van der Waals surface area contributed by atoms with Crippen molar-refractivity contribution in [1.29, 1.82) is 5.26 Å². The van der Waals surface area contributed by atoms with Crippen LogP contribution in [0.25, 0.3) is 22.1 Å². The van der Waals surface area contributed by atoms with Crippen molar-refractivity contribution in [2.24, 2.45) is 5.92 Å². The lowest BCUT2D eigenvalue weighted by atomic mass is 10.0. The molecule has 1 saturated carbocycles. The van der Waals surface area contributed by atoms with Crippen LogP contribution in [0.15, 0.2) is 51.8 Å². The summed E-state index contributed by atoms with van der Waals surface area (Å²) in [5.74, 6) is -2.93. The number of carbonyl (C=O) groups is 2. The number of alkyl halides is 3. The summed E-state index contributed by atoms with van der Waals surface area (Å²) in [6.45, 7) is 3.58. The maximum Gasteiger partial charge on any atom is 0.420 e. The fourth-order valence-electron chi connectivity index (χ4n) is 4.25. The van der Waals surface area contributed by atoms with Gasteiger partial charge in [0.2, 0.25) is 11.7 Å². The number of nitrogens with one attached hydrogen (secondary N) is 2. The Balaban J connectivity index is 1.69. The molecule has 0 bridgehead atoms. The monoisotopic (exact) mass is 561 g/mol. The van der Waals surface area contributed by atoms with Crippen LogP contribution in [0.5, 0.6) is 0 Å². The molecule has 2 N–H and O–H groups in total. The van der Waals surface area contributed by atoms with E-state index in [1.807, 2.05) is 6.07 Å². The third-order valence-corrected chi connectivity index (χ3v) is 7.58. The Morgan fingerprint density at radius 3 is 2.23 bits per heavy atom. The number of fused-ring (bicyclic) bond motifs is 1. The molecule has 12 heteroatoms. The van der Waals surface area contributed by atoms with E-state index in [0.717, 1.165) is 6.26 Å². The van der Waals surface area contributed by atoms with Crippen molar-refractivity contribution in [3.63, 3.8) is 0 Å². The summed E-state index contributed by atoms with van der Waals surface area (Å²) in [6, 6.07) is 10.6. The summed E-state index contributed by atoms with van der Waals surface area (Å²) in [5.41, 5.74) is -1.51. The predicted molar refractivity (Wildman–Crippen MR) is 136 cm³/mol. The minimum Gasteiger partial charge on any atom is -0.450 e. The second-order valence-corrected chi connectivity index (χ2v) is 12.2. The van der Waals surface area contributed by atoms with Gasteiger partial charge >= 0.3 is 6.18 Å². The van der Waals surface area contributed by atoms with Gasteiger partial charge in [-0.3, -0.25) is 9.59 Å². The zero-order chi connectivity index (χ0) is 28.8. The van der Waals surface area contributed by atoms with Crippen molar-refractivity contribution >= 4 is 32.6 Å². The van der Waals surface area contributed by atoms with Gasteiger partial charge in [0.25, 0.3) is 5.91 Å². The minimum atomic E-state index is -4.94. The van der Waals surface area contributed by atoms with E-state index < -0.39 is 50.7 Å². The first kappa shape index (κ1) is 28.2. The van der Waals surface area contributed by atoms with Crippen LogP contribution in [0.1, 0.15) is 49.2 Å². The van der Waals surface area contributed by atoms with Crippen LogP contribution in [0.4, 0.5) is 13.2 Å².